The zero-order chi connectivity index (χ0) is 24.3. The fourth-order valence-corrected chi connectivity index (χ4v) is 4.00. The van der Waals surface area contributed by atoms with E-state index in [1.54, 1.807) is 0 Å². The summed E-state index contributed by atoms with van der Waals surface area (Å²) >= 11 is 6.16. The first-order valence-corrected chi connectivity index (χ1v) is 11.2. The van der Waals surface area contributed by atoms with Gasteiger partial charge in [0.05, 0.1) is 0 Å². The highest BCUT2D eigenvalue weighted by Crippen LogP contribution is 2.29. The van der Waals surface area contributed by atoms with Gasteiger partial charge in [-0.05, 0) is 86.2 Å². The number of carboxylic acid groups (broad SMARTS) is 1. The van der Waals surface area contributed by atoms with Crippen molar-refractivity contribution in [2.45, 2.75) is 46.7 Å². The molecule has 3 N–H and O–H groups in total. The smallest absolute Gasteiger partial charge is 0.325 e. The van der Waals surface area contributed by atoms with E-state index < -0.39 is 12.0 Å². The summed E-state index contributed by atoms with van der Waals surface area (Å²) in [6, 6.07) is 17.2. The molecule has 6 heteroatoms. The number of halogens is 1. The van der Waals surface area contributed by atoms with Crippen molar-refractivity contribution in [2.75, 3.05) is 5.32 Å². The molecule has 0 bridgehead atoms. The maximum absolute atomic E-state index is 12.6. The Balaban J connectivity index is 1.84. The number of aliphatic carboxylic acids is 1. The van der Waals surface area contributed by atoms with E-state index in [2.05, 4.69) is 29.7 Å². The summed E-state index contributed by atoms with van der Waals surface area (Å²) in [5.74, 6) is -1.45. The molecule has 0 fully saturated rings. The van der Waals surface area contributed by atoms with Crippen LogP contribution in [0.5, 0.6) is 0 Å². The first-order chi connectivity index (χ1) is 15.6. The van der Waals surface area contributed by atoms with Gasteiger partial charge in [-0.2, -0.15) is 0 Å². The Labute approximate surface area is 199 Å². The van der Waals surface area contributed by atoms with Crippen LogP contribution < -0.4 is 10.6 Å². The van der Waals surface area contributed by atoms with Gasteiger partial charge in [-0.1, -0.05) is 48.0 Å². The van der Waals surface area contributed by atoms with Gasteiger partial charge in [0.2, 0.25) is 0 Å². The van der Waals surface area contributed by atoms with Gasteiger partial charge in [-0.15, -0.1) is 0 Å². The summed E-state index contributed by atoms with van der Waals surface area (Å²) in [5.41, 5.74) is 7.30. The Morgan fingerprint density at radius 1 is 0.879 bits per heavy atom. The predicted molar refractivity (Wildman–Crippen MR) is 134 cm³/mol. The van der Waals surface area contributed by atoms with E-state index in [4.69, 9.17) is 16.7 Å². The molecule has 0 heterocycles. The Morgan fingerprint density at radius 3 is 2.15 bits per heavy atom. The Hall–Kier alpha value is -3.31. The van der Waals surface area contributed by atoms with Crippen LogP contribution in [0, 0.1) is 20.8 Å². The maximum Gasteiger partial charge on any atom is 0.325 e. The third kappa shape index (κ3) is 5.74. The average molecular weight is 465 g/mol. The normalized spacial score (nSPS) is 12.7. The molecule has 0 aliphatic heterocycles. The standard InChI is InChI=1S/C27H29ClN2O3/c1-15-11-20(9-10-24(15)28)18(4)29-23-8-6-7-21(14-23)22-12-16(2)25(17(3)13-22)26(31)30-19(5)27(32)33/h6-14,18-19,29H,1-5H3,(H,30,31)(H,32,33)/t18?,19-/m1/s1. The van der Waals surface area contributed by atoms with Gasteiger partial charge in [-0.25, -0.2) is 0 Å². The maximum atomic E-state index is 12.6. The third-order valence-electron chi connectivity index (χ3n) is 5.74. The second-order valence-electron chi connectivity index (χ2n) is 8.47. The molecule has 0 spiro atoms. The van der Waals surface area contributed by atoms with Crippen LogP contribution in [0.1, 0.15) is 52.5 Å². The number of rotatable bonds is 7. The van der Waals surface area contributed by atoms with E-state index in [0.29, 0.717) is 5.56 Å². The molecule has 0 radical (unpaired) electrons. The largest absolute Gasteiger partial charge is 0.480 e. The summed E-state index contributed by atoms with van der Waals surface area (Å²) in [6.07, 6.45) is 0. The number of amides is 1. The molecular formula is C27H29ClN2O3. The predicted octanol–water partition coefficient (Wildman–Crippen LogP) is 6.31. The second kappa shape index (κ2) is 10.1. The summed E-state index contributed by atoms with van der Waals surface area (Å²) in [5, 5.41) is 15.9. The zero-order valence-corrected chi connectivity index (χ0v) is 20.2. The number of carbonyl (C=O) groups excluding carboxylic acids is 1. The van der Waals surface area contributed by atoms with Gasteiger partial charge in [0, 0.05) is 22.3 Å². The summed E-state index contributed by atoms with van der Waals surface area (Å²) in [7, 11) is 0. The molecule has 0 saturated heterocycles. The minimum atomic E-state index is -1.07. The van der Waals surface area contributed by atoms with Crippen LogP contribution in [-0.4, -0.2) is 23.0 Å². The first kappa shape index (κ1) is 24.3. The van der Waals surface area contributed by atoms with Crippen LogP contribution in [0.25, 0.3) is 11.1 Å². The van der Waals surface area contributed by atoms with Crippen molar-refractivity contribution < 1.29 is 14.7 Å². The molecule has 3 aromatic rings. The van der Waals surface area contributed by atoms with Gasteiger partial charge in [-0.3, -0.25) is 9.59 Å². The lowest BCUT2D eigenvalue weighted by Crippen LogP contribution is -2.38. The SMILES string of the molecule is Cc1cc(C(C)Nc2cccc(-c3cc(C)c(C(=O)N[C@H](C)C(=O)O)c(C)c3)c2)ccc1Cl. The molecule has 1 unspecified atom stereocenters. The van der Waals surface area contributed by atoms with Crippen molar-refractivity contribution in [3.05, 3.63) is 87.4 Å². The molecule has 33 heavy (non-hydrogen) atoms. The molecule has 0 aromatic heterocycles. The van der Waals surface area contributed by atoms with Crippen molar-refractivity contribution >= 4 is 29.2 Å². The van der Waals surface area contributed by atoms with E-state index in [0.717, 1.165) is 44.1 Å². The second-order valence-corrected chi connectivity index (χ2v) is 8.88. The Bertz CT molecular complexity index is 1180. The minimum absolute atomic E-state index is 0.0991. The molecule has 3 rings (SSSR count). The molecule has 0 aliphatic rings. The van der Waals surface area contributed by atoms with Crippen molar-refractivity contribution in [1.82, 2.24) is 5.32 Å². The molecule has 3 aromatic carbocycles. The van der Waals surface area contributed by atoms with E-state index in [1.807, 2.05) is 63.2 Å². The quantitative estimate of drug-likeness (QED) is 0.383. The number of aryl methyl sites for hydroxylation is 3. The summed E-state index contributed by atoms with van der Waals surface area (Å²) < 4.78 is 0. The molecular weight excluding hydrogens is 436 g/mol. The highest BCUT2D eigenvalue weighted by Gasteiger charge is 2.19. The number of benzene rings is 3. The monoisotopic (exact) mass is 464 g/mol. The lowest BCUT2D eigenvalue weighted by Gasteiger charge is -2.18. The highest BCUT2D eigenvalue weighted by molar-refractivity contribution is 6.31. The van der Waals surface area contributed by atoms with Crippen LogP contribution in [0.2, 0.25) is 5.02 Å². The highest BCUT2D eigenvalue weighted by atomic mass is 35.5. The average Bonchev–Trinajstić information content (AvgIpc) is 2.75. The fraction of sp³-hybridized carbons (Fsp3) is 0.259. The lowest BCUT2D eigenvalue weighted by atomic mass is 9.94. The number of carbonyl (C=O) groups is 2. The summed E-state index contributed by atoms with van der Waals surface area (Å²) in [4.78, 5) is 23.7. The van der Waals surface area contributed by atoms with Gasteiger partial charge >= 0.3 is 5.97 Å². The van der Waals surface area contributed by atoms with E-state index in [-0.39, 0.29) is 11.9 Å². The van der Waals surface area contributed by atoms with E-state index in [1.165, 1.54) is 6.92 Å². The van der Waals surface area contributed by atoms with Crippen molar-refractivity contribution in [3.8, 4) is 11.1 Å². The van der Waals surface area contributed by atoms with E-state index >= 15 is 0 Å². The van der Waals surface area contributed by atoms with Gasteiger partial charge in [0.1, 0.15) is 6.04 Å². The van der Waals surface area contributed by atoms with Crippen LogP contribution in [0.15, 0.2) is 54.6 Å². The van der Waals surface area contributed by atoms with Gasteiger partial charge in [0.15, 0.2) is 0 Å². The molecule has 2 atom stereocenters. The minimum Gasteiger partial charge on any atom is -0.480 e. The molecule has 1 amide bonds. The number of hydrogen-bond acceptors (Lipinski definition) is 3. The van der Waals surface area contributed by atoms with Crippen LogP contribution in [0.4, 0.5) is 5.69 Å². The number of nitrogens with one attached hydrogen (secondary N) is 2. The van der Waals surface area contributed by atoms with Gasteiger partial charge in [0.25, 0.3) is 5.91 Å². The number of hydrogen-bond donors (Lipinski definition) is 3. The van der Waals surface area contributed by atoms with Crippen LogP contribution >= 0.6 is 11.6 Å². The zero-order valence-electron chi connectivity index (χ0n) is 19.5. The topological polar surface area (TPSA) is 78.4 Å². The fourth-order valence-electron chi connectivity index (χ4n) is 3.88. The molecule has 0 saturated carbocycles. The molecule has 5 nitrogen and oxygen atoms in total. The lowest BCUT2D eigenvalue weighted by molar-refractivity contribution is -0.138. The molecule has 172 valence electrons. The van der Waals surface area contributed by atoms with E-state index in [9.17, 15) is 9.59 Å². The Kier molecular flexibility index (Phi) is 7.44. The number of anilines is 1. The van der Waals surface area contributed by atoms with Crippen LogP contribution in [0.3, 0.4) is 0 Å². The van der Waals surface area contributed by atoms with Crippen molar-refractivity contribution in [3.63, 3.8) is 0 Å². The summed E-state index contributed by atoms with van der Waals surface area (Å²) in [6.45, 7) is 9.28. The third-order valence-corrected chi connectivity index (χ3v) is 6.16. The Morgan fingerprint density at radius 2 is 1.55 bits per heavy atom. The number of carboxylic acids is 1. The van der Waals surface area contributed by atoms with Crippen molar-refractivity contribution in [1.29, 1.82) is 0 Å². The van der Waals surface area contributed by atoms with Gasteiger partial charge < -0.3 is 15.7 Å². The van der Waals surface area contributed by atoms with Crippen LogP contribution in [-0.2, 0) is 4.79 Å². The van der Waals surface area contributed by atoms with Crippen molar-refractivity contribution in [2.24, 2.45) is 0 Å². The first-order valence-electron chi connectivity index (χ1n) is 10.8. The molecule has 0 aliphatic carbocycles.